The Hall–Kier alpha value is -2.02. The molecule has 0 aliphatic carbocycles. The van der Waals surface area contributed by atoms with Gasteiger partial charge in [0.2, 0.25) is 5.82 Å². The van der Waals surface area contributed by atoms with E-state index in [1.165, 1.54) is 24.4 Å². The molecule has 0 fully saturated rings. The summed E-state index contributed by atoms with van der Waals surface area (Å²) < 4.78 is 13.8. The monoisotopic (exact) mass is 325 g/mol. The van der Waals surface area contributed by atoms with Gasteiger partial charge < -0.3 is 5.32 Å². The Labute approximate surface area is 116 Å². The molecular formula is C12H9BrFN3O2. The molecule has 0 saturated heterocycles. The number of anilines is 2. The van der Waals surface area contributed by atoms with Gasteiger partial charge in [-0.15, -0.1) is 0 Å². The first-order chi connectivity index (χ1) is 8.95. The Morgan fingerprint density at radius 1 is 1.37 bits per heavy atom. The van der Waals surface area contributed by atoms with Gasteiger partial charge in [-0.1, -0.05) is 0 Å². The molecule has 2 rings (SSSR count). The number of nitro groups is 1. The molecule has 0 bridgehead atoms. The van der Waals surface area contributed by atoms with E-state index in [0.717, 1.165) is 0 Å². The van der Waals surface area contributed by atoms with E-state index < -0.39 is 10.7 Å². The molecule has 98 valence electrons. The quantitative estimate of drug-likeness (QED) is 0.685. The third-order valence-corrected chi connectivity index (χ3v) is 2.77. The van der Waals surface area contributed by atoms with Crippen LogP contribution in [0.15, 0.2) is 34.9 Å². The fourth-order valence-electron chi connectivity index (χ4n) is 1.61. The second-order valence-corrected chi connectivity index (χ2v) is 4.84. The van der Waals surface area contributed by atoms with Crippen LogP contribution in [0.1, 0.15) is 5.56 Å². The summed E-state index contributed by atoms with van der Waals surface area (Å²) in [5, 5.41) is 13.7. The minimum atomic E-state index is -0.549. The number of rotatable bonds is 3. The van der Waals surface area contributed by atoms with E-state index in [1.807, 2.05) is 0 Å². The lowest BCUT2D eigenvalue weighted by atomic mass is 10.2. The minimum absolute atomic E-state index is 0.0678. The molecule has 1 aromatic heterocycles. The molecule has 2 aromatic rings. The molecule has 0 spiro atoms. The SMILES string of the molecule is Cc1cc(F)cc(Nc2ncc(Br)cc2[N+](=O)[O-])c1. The second-order valence-electron chi connectivity index (χ2n) is 3.92. The fraction of sp³-hybridized carbons (Fsp3) is 0.0833. The van der Waals surface area contributed by atoms with Gasteiger partial charge in [0.1, 0.15) is 5.82 Å². The first-order valence-corrected chi connectivity index (χ1v) is 6.09. The van der Waals surface area contributed by atoms with Gasteiger partial charge >= 0.3 is 5.69 Å². The molecule has 7 heteroatoms. The lowest BCUT2D eigenvalue weighted by molar-refractivity contribution is -0.384. The Kier molecular flexibility index (Phi) is 3.75. The molecule has 1 N–H and O–H groups in total. The first kappa shape index (κ1) is 13.4. The molecule has 1 aromatic carbocycles. The van der Waals surface area contributed by atoms with Crippen LogP contribution in [0.25, 0.3) is 0 Å². The zero-order valence-corrected chi connectivity index (χ0v) is 11.4. The number of benzene rings is 1. The Morgan fingerprint density at radius 2 is 2.11 bits per heavy atom. The Balaban J connectivity index is 2.40. The molecule has 0 aliphatic rings. The summed E-state index contributed by atoms with van der Waals surface area (Å²) in [7, 11) is 0. The zero-order valence-electron chi connectivity index (χ0n) is 9.85. The third kappa shape index (κ3) is 3.25. The molecule has 0 aliphatic heterocycles. The predicted octanol–water partition coefficient (Wildman–Crippen LogP) is 3.94. The summed E-state index contributed by atoms with van der Waals surface area (Å²) in [4.78, 5) is 14.3. The third-order valence-electron chi connectivity index (χ3n) is 2.34. The highest BCUT2D eigenvalue weighted by Gasteiger charge is 2.16. The molecule has 0 atom stereocenters. The van der Waals surface area contributed by atoms with Crippen LogP contribution in [0.5, 0.6) is 0 Å². The summed E-state index contributed by atoms with van der Waals surface area (Å²) in [5.41, 5.74) is 0.939. The highest BCUT2D eigenvalue weighted by molar-refractivity contribution is 9.10. The van der Waals surface area contributed by atoms with Crippen molar-refractivity contribution in [2.45, 2.75) is 6.92 Å². The maximum atomic E-state index is 13.3. The number of aryl methyl sites for hydroxylation is 1. The van der Waals surface area contributed by atoms with Crippen molar-refractivity contribution in [3.8, 4) is 0 Å². The zero-order chi connectivity index (χ0) is 14.0. The smallest absolute Gasteiger partial charge is 0.312 e. The molecule has 0 saturated carbocycles. The number of hydrogen-bond donors (Lipinski definition) is 1. The van der Waals surface area contributed by atoms with Gasteiger partial charge in [-0.2, -0.15) is 0 Å². The topological polar surface area (TPSA) is 68.1 Å². The van der Waals surface area contributed by atoms with Gasteiger partial charge in [-0.3, -0.25) is 10.1 Å². The van der Waals surface area contributed by atoms with Crippen molar-refractivity contribution in [2.24, 2.45) is 0 Å². The number of hydrogen-bond acceptors (Lipinski definition) is 4. The number of aromatic nitrogens is 1. The highest BCUT2D eigenvalue weighted by Crippen LogP contribution is 2.28. The van der Waals surface area contributed by atoms with Crippen molar-refractivity contribution in [3.63, 3.8) is 0 Å². The Bertz CT molecular complexity index is 629. The van der Waals surface area contributed by atoms with Crippen molar-refractivity contribution < 1.29 is 9.31 Å². The second kappa shape index (κ2) is 5.31. The van der Waals surface area contributed by atoms with E-state index in [0.29, 0.717) is 15.7 Å². The molecule has 0 amide bonds. The molecule has 19 heavy (non-hydrogen) atoms. The van der Waals surface area contributed by atoms with E-state index >= 15 is 0 Å². The van der Waals surface area contributed by atoms with Crippen LogP contribution in [0, 0.1) is 22.9 Å². The maximum Gasteiger partial charge on any atom is 0.312 e. The van der Waals surface area contributed by atoms with Crippen LogP contribution in [-0.4, -0.2) is 9.91 Å². The Morgan fingerprint density at radius 3 is 2.74 bits per heavy atom. The van der Waals surface area contributed by atoms with Gasteiger partial charge in [-0.25, -0.2) is 9.37 Å². The maximum absolute atomic E-state index is 13.3. The number of nitrogens with one attached hydrogen (secondary N) is 1. The van der Waals surface area contributed by atoms with Crippen LogP contribution >= 0.6 is 15.9 Å². The molecular weight excluding hydrogens is 317 g/mol. The van der Waals surface area contributed by atoms with Gasteiger partial charge in [-0.05, 0) is 46.6 Å². The number of pyridine rings is 1. The van der Waals surface area contributed by atoms with E-state index in [4.69, 9.17) is 0 Å². The van der Waals surface area contributed by atoms with E-state index in [2.05, 4.69) is 26.2 Å². The van der Waals surface area contributed by atoms with Crippen molar-refractivity contribution in [1.29, 1.82) is 0 Å². The fourth-order valence-corrected chi connectivity index (χ4v) is 1.93. The average molecular weight is 326 g/mol. The largest absolute Gasteiger partial charge is 0.334 e. The van der Waals surface area contributed by atoms with Crippen LogP contribution < -0.4 is 5.32 Å². The summed E-state index contributed by atoms with van der Waals surface area (Å²) in [6.07, 6.45) is 1.43. The van der Waals surface area contributed by atoms with Crippen LogP contribution in [0.2, 0.25) is 0 Å². The standard InChI is InChI=1S/C12H9BrFN3O2/c1-7-2-9(14)5-10(3-7)16-12-11(17(18)19)4-8(13)6-15-12/h2-6H,1H3,(H,15,16). The lowest BCUT2D eigenvalue weighted by Crippen LogP contribution is -2.00. The van der Waals surface area contributed by atoms with Crippen molar-refractivity contribution >= 4 is 33.1 Å². The van der Waals surface area contributed by atoms with Crippen LogP contribution in [0.3, 0.4) is 0 Å². The van der Waals surface area contributed by atoms with Crippen LogP contribution in [0.4, 0.5) is 21.6 Å². The predicted molar refractivity (Wildman–Crippen MR) is 73.0 cm³/mol. The number of halogens is 2. The van der Waals surface area contributed by atoms with Crippen molar-refractivity contribution in [1.82, 2.24) is 4.98 Å². The van der Waals surface area contributed by atoms with Crippen molar-refractivity contribution in [3.05, 3.63) is 56.4 Å². The molecule has 5 nitrogen and oxygen atoms in total. The minimum Gasteiger partial charge on any atom is -0.334 e. The summed E-state index contributed by atoms with van der Waals surface area (Å²) in [5.74, 6) is -0.347. The van der Waals surface area contributed by atoms with E-state index in [9.17, 15) is 14.5 Å². The molecule has 1 heterocycles. The number of nitrogens with zero attached hydrogens (tertiary/aromatic N) is 2. The lowest BCUT2D eigenvalue weighted by Gasteiger charge is -2.07. The summed E-state index contributed by atoms with van der Waals surface area (Å²) in [6.45, 7) is 1.73. The van der Waals surface area contributed by atoms with Gasteiger partial charge in [0.25, 0.3) is 0 Å². The van der Waals surface area contributed by atoms with Gasteiger partial charge in [0.15, 0.2) is 0 Å². The van der Waals surface area contributed by atoms with Crippen molar-refractivity contribution in [2.75, 3.05) is 5.32 Å². The highest BCUT2D eigenvalue weighted by atomic mass is 79.9. The average Bonchev–Trinajstić information content (AvgIpc) is 2.30. The molecule has 0 radical (unpaired) electrons. The van der Waals surface area contributed by atoms with Crippen LogP contribution in [-0.2, 0) is 0 Å². The summed E-state index contributed by atoms with van der Waals surface area (Å²) >= 11 is 3.12. The van der Waals surface area contributed by atoms with Gasteiger partial charge in [0.05, 0.1) is 4.92 Å². The van der Waals surface area contributed by atoms with E-state index in [1.54, 1.807) is 13.0 Å². The van der Waals surface area contributed by atoms with Gasteiger partial charge in [0, 0.05) is 22.4 Å². The summed E-state index contributed by atoms with van der Waals surface area (Å²) in [6, 6.07) is 5.63. The first-order valence-electron chi connectivity index (χ1n) is 5.30. The normalized spacial score (nSPS) is 10.3. The molecule has 0 unspecified atom stereocenters. The van der Waals surface area contributed by atoms with E-state index in [-0.39, 0.29) is 11.5 Å².